The zero-order chi connectivity index (χ0) is 19.3. The summed E-state index contributed by atoms with van der Waals surface area (Å²) in [7, 11) is 0. The molecule has 0 saturated heterocycles. The first-order chi connectivity index (χ1) is 13.7. The Labute approximate surface area is 164 Å². The highest BCUT2D eigenvalue weighted by Crippen LogP contribution is 2.33. The van der Waals surface area contributed by atoms with Crippen LogP contribution in [0.15, 0.2) is 60.4 Å². The molecule has 2 aromatic carbocycles. The van der Waals surface area contributed by atoms with Gasteiger partial charge in [-0.25, -0.2) is 5.48 Å². The van der Waals surface area contributed by atoms with Gasteiger partial charge in [0, 0.05) is 31.1 Å². The average molecular weight is 379 g/mol. The molecule has 0 bridgehead atoms. The molecule has 6 nitrogen and oxygen atoms in total. The Hall–Kier alpha value is -2.83. The fourth-order valence-electron chi connectivity index (χ4n) is 3.84. The van der Waals surface area contributed by atoms with Crippen molar-refractivity contribution in [1.29, 1.82) is 0 Å². The number of nitrogens with one attached hydrogen (secondary N) is 3. The number of fused-ring (bicyclic) bond motifs is 1. The van der Waals surface area contributed by atoms with Crippen molar-refractivity contribution in [3.8, 4) is 0 Å². The fraction of sp³-hybridized carbons (Fsp3) is 0.318. The Morgan fingerprint density at radius 1 is 1.18 bits per heavy atom. The van der Waals surface area contributed by atoms with Crippen LogP contribution in [0.2, 0.25) is 0 Å². The highest BCUT2D eigenvalue weighted by Gasteiger charge is 2.24. The highest BCUT2D eigenvalue weighted by molar-refractivity contribution is 5.90. The van der Waals surface area contributed by atoms with Gasteiger partial charge in [0.05, 0.1) is 0 Å². The number of rotatable bonds is 7. The third kappa shape index (κ3) is 4.03. The quantitative estimate of drug-likeness (QED) is 0.337. The lowest BCUT2D eigenvalue weighted by molar-refractivity contribution is -0.129. The molecule has 4 N–H and O–H groups in total. The minimum absolute atomic E-state index is 0.168. The maximum absolute atomic E-state index is 11.4. The molecule has 4 rings (SSSR count). The second kappa shape index (κ2) is 8.46. The molecule has 0 aliphatic carbocycles. The largest absolute Gasteiger partial charge is 0.480 e. The first-order valence-corrected chi connectivity index (χ1v) is 9.68. The average Bonchev–Trinajstić information content (AvgIpc) is 3.39. The van der Waals surface area contributed by atoms with Crippen LogP contribution in [0.1, 0.15) is 41.6 Å². The molecule has 0 spiro atoms. The van der Waals surface area contributed by atoms with Crippen molar-refractivity contribution in [2.75, 3.05) is 18.4 Å². The first kappa shape index (κ1) is 18.5. The molecular formula is C22H25N3O3. The van der Waals surface area contributed by atoms with E-state index in [1.54, 1.807) is 11.6 Å². The number of carbonyl (C=O) groups excluding carboxylic acids is 1. The topological polar surface area (TPSA) is 82.6 Å². The normalized spacial score (nSPS) is 20.1. The Morgan fingerprint density at radius 3 is 2.82 bits per heavy atom. The number of carbonyl (C=O) groups is 1. The number of amides is 1. The highest BCUT2D eigenvalue weighted by atomic mass is 16.5. The van der Waals surface area contributed by atoms with E-state index in [-0.39, 0.29) is 11.9 Å². The van der Waals surface area contributed by atoms with Crippen LogP contribution >= 0.6 is 0 Å². The lowest BCUT2D eigenvalue weighted by atomic mass is 9.98. The van der Waals surface area contributed by atoms with E-state index in [1.165, 1.54) is 16.8 Å². The number of hydrogen-bond acceptors (Lipinski definition) is 5. The third-order valence-corrected chi connectivity index (χ3v) is 5.40. The number of benzene rings is 2. The smallest absolute Gasteiger partial charge is 0.309 e. The second-order valence-electron chi connectivity index (χ2n) is 7.22. The summed E-state index contributed by atoms with van der Waals surface area (Å²) in [5.74, 6) is 0.132. The van der Waals surface area contributed by atoms with Gasteiger partial charge in [-0.2, -0.15) is 0 Å². The van der Waals surface area contributed by atoms with Crippen molar-refractivity contribution in [1.82, 2.24) is 10.8 Å². The van der Waals surface area contributed by atoms with E-state index < -0.39 is 5.91 Å². The predicted octanol–water partition coefficient (Wildman–Crippen LogP) is 3.23. The van der Waals surface area contributed by atoms with Gasteiger partial charge in [-0.05, 0) is 41.8 Å². The number of hydrogen-bond donors (Lipinski definition) is 4. The van der Waals surface area contributed by atoms with E-state index in [4.69, 9.17) is 9.94 Å². The van der Waals surface area contributed by atoms with Gasteiger partial charge in [0.2, 0.25) is 0 Å². The zero-order valence-electron chi connectivity index (χ0n) is 15.7. The molecule has 0 saturated carbocycles. The number of hydroxylamine groups is 1. The van der Waals surface area contributed by atoms with Crippen molar-refractivity contribution in [2.45, 2.75) is 31.4 Å². The number of ether oxygens (including phenoxy) is 1. The van der Waals surface area contributed by atoms with Gasteiger partial charge in [-0.15, -0.1) is 0 Å². The molecule has 146 valence electrons. The Kier molecular flexibility index (Phi) is 5.60. The molecule has 28 heavy (non-hydrogen) atoms. The Balaban J connectivity index is 1.22. The molecule has 0 radical (unpaired) electrons. The summed E-state index contributed by atoms with van der Waals surface area (Å²) in [6, 6.07) is 16.8. The van der Waals surface area contributed by atoms with Gasteiger partial charge in [0.1, 0.15) is 6.10 Å². The van der Waals surface area contributed by atoms with Crippen LogP contribution in [0, 0.1) is 0 Å². The summed E-state index contributed by atoms with van der Waals surface area (Å²) in [4.78, 5) is 11.4. The van der Waals surface area contributed by atoms with Crippen LogP contribution in [-0.4, -0.2) is 24.2 Å². The summed E-state index contributed by atoms with van der Waals surface area (Å²) < 4.78 is 5.59. The standard InChI is InChI=1S/C22H25N3O3/c26-22(25-27)21-10-9-20(28-21)16-7-5-15(6-8-16)13-23-12-11-17-14-24-19-4-2-1-3-18(17)19/h1-8,10,17,20,23-24,27H,9,11-14H2,(H,25,26). The fourth-order valence-corrected chi connectivity index (χ4v) is 3.84. The number of anilines is 1. The lowest BCUT2D eigenvalue weighted by Gasteiger charge is -2.14. The third-order valence-electron chi connectivity index (χ3n) is 5.40. The van der Waals surface area contributed by atoms with Gasteiger partial charge < -0.3 is 15.4 Å². The maximum Gasteiger partial charge on any atom is 0.309 e. The van der Waals surface area contributed by atoms with Crippen molar-refractivity contribution >= 4 is 11.6 Å². The molecule has 0 aromatic heterocycles. The van der Waals surface area contributed by atoms with Crippen molar-refractivity contribution in [2.24, 2.45) is 0 Å². The zero-order valence-corrected chi connectivity index (χ0v) is 15.7. The minimum atomic E-state index is -0.608. The van der Waals surface area contributed by atoms with Crippen molar-refractivity contribution < 1.29 is 14.7 Å². The summed E-state index contributed by atoms with van der Waals surface area (Å²) in [5.41, 5.74) is 6.53. The van der Waals surface area contributed by atoms with Crippen LogP contribution in [0.4, 0.5) is 5.69 Å². The van der Waals surface area contributed by atoms with Gasteiger partial charge in [-0.1, -0.05) is 42.5 Å². The predicted molar refractivity (Wildman–Crippen MR) is 107 cm³/mol. The van der Waals surface area contributed by atoms with Crippen molar-refractivity contribution in [3.63, 3.8) is 0 Å². The molecule has 2 heterocycles. The van der Waals surface area contributed by atoms with Gasteiger partial charge in [-0.3, -0.25) is 10.0 Å². The van der Waals surface area contributed by atoms with E-state index in [1.807, 2.05) is 12.1 Å². The van der Waals surface area contributed by atoms with Gasteiger partial charge in [0.25, 0.3) is 0 Å². The maximum atomic E-state index is 11.4. The van der Waals surface area contributed by atoms with Crippen LogP contribution in [0.3, 0.4) is 0 Å². The van der Waals surface area contributed by atoms with E-state index in [2.05, 4.69) is 47.0 Å². The lowest BCUT2D eigenvalue weighted by Crippen LogP contribution is -2.21. The summed E-state index contributed by atoms with van der Waals surface area (Å²) in [5, 5.41) is 15.7. The molecule has 1 amide bonds. The molecule has 2 atom stereocenters. The van der Waals surface area contributed by atoms with Crippen LogP contribution in [0.5, 0.6) is 0 Å². The molecule has 2 aromatic rings. The van der Waals surface area contributed by atoms with E-state index in [0.29, 0.717) is 12.3 Å². The molecule has 0 fully saturated rings. The van der Waals surface area contributed by atoms with E-state index in [0.717, 1.165) is 31.6 Å². The molecule has 2 unspecified atom stereocenters. The summed E-state index contributed by atoms with van der Waals surface area (Å²) in [6.45, 7) is 2.81. The second-order valence-corrected chi connectivity index (χ2v) is 7.22. The minimum Gasteiger partial charge on any atom is -0.480 e. The first-order valence-electron chi connectivity index (χ1n) is 9.68. The van der Waals surface area contributed by atoms with Gasteiger partial charge >= 0.3 is 5.91 Å². The van der Waals surface area contributed by atoms with Crippen LogP contribution in [0.25, 0.3) is 0 Å². The van der Waals surface area contributed by atoms with E-state index in [9.17, 15) is 4.79 Å². The van der Waals surface area contributed by atoms with Crippen molar-refractivity contribution in [3.05, 3.63) is 77.1 Å². The molecule has 6 heteroatoms. The Bertz CT molecular complexity index is 864. The number of para-hydroxylation sites is 1. The Morgan fingerprint density at radius 2 is 2.00 bits per heavy atom. The van der Waals surface area contributed by atoms with Crippen LogP contribution < -0.4 is 16.1 Å². The molecular weight excluding hydrogens is 354 g/mol. The monoisotopic (exact) mass is 379 g/mol. The summed E-state index contributed by atoms with van der Waals surface area (Å²) in [6.07, 6.45) is 3.25. The SMILES string of the molecule is O=C(NO)C1=CCC(c2ccc(CNCCC3CNc4ccccc43)cc2)O1. The molecule has 2 aliphatic heterocycles. The van der Waals surface area contributed by atoms with E-state index >= 15 is 0 Å². The van der Waals surface area contributed by atoms with Crippen LogP contribution in [-0.2, 0) is 16.1 Å². The van der Waals surface area contributed by atoms with Gasteiger partial charge in [0.15, 0.2) is 5.76 Å². The summed E-state index contributed by atoms with van der Waals surface area (Å²) >= 11 is 0. The molecule has 2 aliphatic rings.